The van der Waals surface area contributed by atoms with Crippen molar-refractivity contribution in [2.24, 2.45) is 5.92 Å². The van der Waals surface area contributed by atoms with Crippen molar-refractivity contribution in [2.45, 2.75) is 26.7 Å². The van der Waals surface area contributed by atoms with Gasteiger partial charge in [0.1, 0.15) is 10.9 Å². The molecular formula is C10H12Cl2N2O. The number of carbonyl (C=O) groups excluding carboxylic acids is 1. The van der Waals surface area contributed by atoms with E-state index in [1.165, 1.54) is 6.20 Å². The minimum Gasteiger partial charge on any atom is -0.299 e. The van der Waals surface area contributed by atoms with Gasteiger partial charge in [-0.3, -0.25) is 9.78 Å². The van der Waals surface area contributed by atoms with E-state index >= 15 is 0 Å². The van der Waals surface area contributed by atoms with Crippen LogP contribution in [-0.2, 0) is 11.2 Å². The van der Waals surface area contributed by atoms with E-state index < -0.39 is 0 Å². The molecule has 0 saturated heterocycles. The average molecular weight is 247 g/mol. The first kappa shape index (κ1) is 12.4. The van der Waals surface area contributed by atoms with E-state index in [1.807, 2.05) is 13.8 Å². The maximum atomic E-state index is 11.4. The molecular weight excluding hydrogens is 235 g/mol. The zero-order chi connectivity index (χ0) is 11.4. The molecule has 0 bridgehead atoms. The summed E-state index contributed by atoms with van der Waals surface area (Å²) in [5, 5.41) is 0.540. The number of ketones is 1. The number of hydrogen-bond donors (Lipinski definition) is 0. The van der Waals surface area contributed by atoms with Crippen LogP contribution < -0.4 is 0 Å². The standard InChI is InChI=1S/C10H12Cl2N2O/c1-6(2)8(15)4-3-7-10(12)14-9(11)5-13-7/h5-6H,3-4H2,1-2H3. The molecule has 0 saturated carbocycles. The van der Waals surface area contributed by atoms with Crippen molar-refractivity contribution in [1.82, 2.24) is 9.97 Å². The molecule has 1 aromatic rings. The predicted octanol–water partition coefficient (Wildman–Crippen LogP) is 2.94. The molecule has 5 heteroatoms. The molecule has 0 atom stereocenters. The van der Waals surface area contributed by atoms with Crippen LogP contribution in [0.2, 0.25) is 10.3 Å². The van der Waals surface area contributed by atoms with E-state index in [0.29, 0.717) is 18.5 Å². The van der Waals surface area contributed by atoms with E-state index in [9.17, 15) is 4.79 Å². The normalized spacial score (nSPS) is 10.7. The highest BCUT2D eigenvalue weighted by Gasteiger charge is 2.10. The molecule has 1 rings (SSSR count). The molecule has 82 valence electrons. The molecule has 1 heterocycles. The number of halogens is 2. The Hall–Kier alpha value is -0.670. The third-order valence-corrected chi connectivity index (χ3v) is 2.51. The van der Waals surface area contributed by atoms with Gasteiger partial charge < -0.3 is 0 Å². The lowest BCUT2D eigenvalue weighted by Crippen LogP contribution is -2.08. The van der Waals surface area contributed by atoms with Crippen molar-refractivity contribution in [3.05, 3.63) is 22.2 Å². The second kappa shape index (κ2) is 5.42. The van der Waals surface area contributed by atoms with Crippen molar-refractivity contribution in [1.29, 1.82) is 0 Å². The van der Waals surface area contributed by atoms with Gasteiger partial charge in [0.05, 0.1) is 11.9 Å². The number of aromatic nitrogens is 2. The predicted molar refractivity (Wildman–Crippen MR) is 60.2 cm³/mol. The van der Waals surface area contributed by atoms with E-state index in [2.05, 4.69) is 9.97 Å². The molecule has 0 fully saturated rings. The average Bonchev–Trinajstić information content (AvgIpc) is 2.15. The minimum absolute atomic E-state index is 0.0454. The summed E-state index contributed by atoms with van der Waals surface area (Å²) in [6.45, 7) is 3.75. The van der Waals surface area contributed by atoms with Crippen LogP contribution in [0.1, 0.15) is 26.0 Å². The van der Waals surface area contributed by atoms with Gasteiger partial charge in [-0.25, -0.2) is 4.98 Å². The Bertz CT molecular complexity index is 366. The Labute approximate surface area is 98.8 Å². The van der Waals surface area contributed by atoms with E-state index in [0.717, 1.165) is 0 Å². The monoisotopic (exact) mass is 246 g/mol. The summed E-state index contributed by atoms with van der Waals surface area (Å²) in [7, 11) is 0. The summed E-state index contributed by atoms with van der Waals surface area (Å²) < 4.78 is 0. The number of nitrogens with zero attached hydrogens (tertiary/aromatic N) is 2. The Morgan fingerprint density at radius 3 is 2.67 bits per heavy atom. The molecule has 1 aromatic heterocycles. The van der Waals surface area contributed by atoms with Crippen LogP contribution >= 0.6 is 23.2 Å². The SMILES string of the molecule is CC(C)C(=O)CCc1ncc(Cl)nc1Cl. The van der Waals surface area contributed by atoms with Crippen molar-refractivity contribution in [3.63, 3.8) is 0 Å². The van der Waals surface area contributed by atoms with Crippen molar-refractivity contribution in [2.75, 3.05) is 0 Å². The summed E-state index contributed by atoms with van der Waals surface area (Å²) >= 11 is 11.4. The van der Waals surface area contributed by atoms with E-state index in [4.69, 9.17) is 23.2 Å². The second-order valence-corrected chi connectivity index (χ2v) is 4.30. The van der Waals surface area contributed by atoms with Crippen LogP contribution in [0.3, 0.4) is 0 Å². The molecule has 0 aliphatic rings. The summed E-state index contributed by atoms with van der Waals surface area (Å²) in [5.41, 5.74) is 0.620. The van der Waals surface area contributed by atoms with Gasteiger partial charge in [0, 0.05) is 12.3 Å². The van der Waals surface area contributed by atoms with Crippen LogP contribution in [0.25, 0.3) is 0 Å². The number of Topliss-reactive ketones (excluding diaryl/α,β-unsaturated/α-hetero) is 1. The minimum atomic E-state index is 0.0454. The van der Waals surface area contributed by atoms with Gasteiger partial charge >= 0.3 is 0 Å². The zero-order valence-corrected chi connectivity index (χ0v) is 10.1. The molecule has 0 aliphatic carbocycles. The maximum Gasteiger partial charge on any atom is 0.152 e. The number of rotatable bonds is 4. The Morgan fingerprint density at radius 1 is 1.47 bits per heavy atom. The van der Waals surface area contributed by atoms with Gasteiger partial charge in [0.2, 0.25) is 0 Å². The fraction of sp³-hybridized carbons (Fsp3) is 0.500. The summed E-state index contributed by atoms with van der Waals surface area (Å²) in [6, 6.07) is 0. The smallest absolute Gasteiger partial charge is 0.152 e. The molecule has 0 unspecified atom stereocenters. The van der Waals surface area contributed by atoms with Crippen LogP contribution in [0.15, 0.2) is 6.20 Å². The molecule has 0 radical (unpaired) electrons. The number of carbonyl (C=O) groups is 1. The Kier molecular flexibility index (Phi) is 4.48. The lowest BCUT2D eigenvalue weighted by Gasteiger charge is -2.04. The molecule has 0 aromatic carbocycles. The summed E-state index contributed by atoms with van der Waals surface area (Å²) in [5.74, 6) is 0.242. The number of hydrogen-bond acceptors (Lipinski definition) is 3. The van der Waals surface area contributed by atoms with Crippen molar-refractivity contribution >= 4 is 29.0 Å². The molecule has 0 spiro atoms. The third-order valence-electron chi connectivity index (χ3n) is 2.02. The van der Waals surface area contributed by atoms with Crippen LogP contribution in [-0.4, -0.2) is 15.8 Å². The van der Waals surface area contributed by atoms with Crippen molar-refractivity contribution in [3.8, 4) is 0 Å². The van der Waals surface area contributed by atoms with E-state index in [-0.39, 0.29) is 22.0 Å². The largest absolute Gasteiger partial charge is 0.299 e. The molecule has 15 heavy (non-hydrogen) atoms. The highest BCUT2D eigenvalue weighted by molar-refractivity contribution is 6.32. The van der Waals surface area contributed by atoms with Crippen LogP contribution in [0.4, 0.5) is 0 Å². The lowest BCUT2D eigenvalue weighted by atomic mass is 10.0. The van der Waals surface area contributed by atoms with Gasteiger partial charge in [-0.2, -0.15) is 0 Å². The van der Waals surface area contributed by atoms with Gasteiger partial charge in [-0.05, 0) is 6.42 Å². The summed E-state index contributed by atoms with van der Waals surface area (Å²) in [4.78, 5) is 19.3. The highest BCUT2D eigenvalue weighted by atomic mass is 35.5. The Morgan fingerprint density at radius 2 is 2.13 bits per heavy atom. The topological polar surface area (TPSA) is 42.9 Å². The van der Waals surface area contributed by atoms with Gasteiger partial charge in [-0.15, -0.1) is 0 Å². The molecule has 3 nitrogen and oxygen atoms in total. The fourth-order valence-electron chi connectivity index (χ4n) is 1.07. The van der Waals surface area contributed by atoms with Gasteiger partial charge in [-0.1, -0.05) is 37.0 Å². The Balaban J connectivity index is 2.62. The fourth-order valence-corrected chi connectivity index (χ4v) is 1.48. The van der Waals surface area contributed by atoms with Crippen LogP contribution in [0, 0.1) is 5.92 Å². The number of aryl methyl sites for hydroxylation is 1. The van der Waals surface area contributed by atoms with Gasteiger partial charge in [0.25, 0.3) is 0 Å². The third kappa shape index (κ3) is 3.76. The lowest BCUT2D eigenvalue weighted by molar-refractivity contribution is -0.121. The second-order valence-electron chi connectivity index (χ2n) is 3.55. The molecule has 0 aliphatic heterocycles. The molecule has 0 N–H and O–H groups in total. The quantitative estimate of drug-likeness (QED) is 0.821. The first-order valence-corrected chi connectivity index (χ1v) is 5.46. The molecule has 0 amide bonds. The van der Waals surface area contributed by atoms with Crippen molar-refractivity contribution < 1.29 is 4.79 Å². The van der Waals surface area contributed by atoms with Gasteiger partial charge in [0.15, 0.2) is 5.15 Å². The van der Waals surface area contributed by atoms with E-state index in [1.54, 1.807) is 0 Å². The maximum absolute atomic E-state index is 11.4. The zero-order valence-electron chi connectivity index (χ0n) is 8.63. The van der Waals surface area contributed by atoms with Crippen LogP contribution in [0.5, 0.6) is 0 Å². The first-order valence-electron chi connectivity index (χ1n) is 4.70. The summed E-state index contributed by atoms with van der Waals surface area (Å²) in [6.07, 6.45) is 2.39. The first-order chi connectivity index (χ1) is 7.00. The highest BCUT2D eigenvalue weighted by Crippen LogP contribution is 2.15.